The van der Waals surface area contributed by atoms with Gasteiger partial charge in [-0.05, 0) is 51.8 Å². The molecule has 10 heteroatoms. The maximum atomic E-state index is 11.9. The molecule has 0 unspecified atom stereocenters. The molecule has 0 saturated carbocycles. The smallest absolute Gasteiger partial charge is 0.249 e. The highest BCUT2D eigenvalue weighted by molar-refractivity contribution is 9.10. The van der Waals surface area contributed by atoms with E-state index in [1.807, 2.05) is 0 Å². The first-order valence-corrected chi connectivity index (χ1v) is 9.37. The molecule has 0 radical (unpaired) electrons. The molecule has 28 heavy (non-hydrogen) atoms. The molecule has 2 aromatic rings. The summed E-state index contributed by atoms with van der Waals surface area (Å²) in [5, 5.41) is 7.06. The number of benzene rings is 2. The lowest BCUT2D eigenvalue weighted by atomic mass is 10.2. The number of hydrogen-bond donors (Lipinski definition) is 2. The zero-order chi connectivity index (χ0) is 20.7. The van der Waals surface area contributed by atoms with Gasteiger partial charge in [-0.3, -0.25) is 9.59 Å². The van der Waals surface area contributed by atoms with Gasteiger partial charge >= 0.3 is 0 Å². The second-order valence-corrected chi connectivity index (χ2v) is 7.05. The Hall–Kier alpha value is -2.29. The van der Waals surface area contributed by atoms with Gasteiger partial charge in [-0.1, -0.05) is 23.2 Å². The quantitative estimate of drug-likeness (QED) is 0.346. The molecular weight excluding hydrogens is 473 g/mol. The second-order valence-electron chi connectivity index (χ2n) is 5.39. The van der Waals surface area contributed by atoms with Gasteiger partial charge in [0.2, 0.25) is 11.8 Å². The van der Waals surface area contributed by atoms with Gasteiger partial charge in [0.15, 0.2) is 11.5 Å². The molecule has 0 aliphatic rings. The molecular formula is C18H16BrCl2N3O4. The van der Waals surface area contributed by atoms with Crippen molar-refractivity contribution < 1.29 is 19.1 Å². The Morgan fingerprint density at radius 2 is 1.86 bits per heavy atom. The predicted molar refractivity (Wildman–Crippen MR) is 113 cm³/mol. The van der Waals surface area contributed by atoms with Crippen molar-refractivity contribution >= 4 is 62.8 Å². The zero-order valence-corrected chi connectivity index (χ0v) is 18.0. The summed E-state index contributed by atoms with van der Waals surface area (Å²) in [6.45, 7) is 0. The molecule has 0 aliphatic carbocycles. The summed E-state index contributed by atoms with van der Waals surface area (Å²) in [5.41, 5.74) is 3.38. The molecule has 0 bridgehead atoms. The minimum Gasteiger partial charge on any atom is -0.493 e. The van der Waals surface area contributed by atoms with E-state index in [0.717, 1.165) is 0 Å². The summed E-state index contributed by atoms with van der Waals surface area (Å²) in [6.07, 6.45) is 1.01. The van der Waals surface area contributed by atoms with Crippen molar-refractivity contribution in [2.45, 2.75) is 6.42 Å². The van der Waals surface area contributed by atoms with Gasteiger partial charge in [-0.2, -0.15) is 5.10 Å². The number of hydrazone groups is 1. The molecule has 0 aromatic heterocycles. The highest BCUT2D eigenvalue weighted by Crippen LogP contribution is 2.35. The number of carbonyl (C=O) groups excluding carboxylic acids is 2. The van der Waals surface area contributed by atoms with Crippen LogP contribution in [-0.2, 0) is 9.59 Å². The lowest BCUT2D eigenvalue weighted by molar-refractivity contribution is -0.126. The number of nitrogens with one attached hydrogen (secondary N) is 2. The minimum atomic E-state index is -0.576. The van der Waals surface area contributed by atoms with Gasteiger partial charge in [-0.25, -0.2) is 5.43 Å². The average Bonchev–Trinajstić information content (AvgIpc) is 2.64. The number of ether oxygens (including phenoxy) is 2. The highest BCUT2D eigenvalue weighted by Gasteiger charge is 2.11. The monoisotopic (exact) mass is 487 g/mol. The first kappa shape index (κ1) is 22.0. The number of nitrogens with zero attached hydrogens (tertiary/aromatic N) is 1. The van der Waals surface area contributed by atoms with Crippen molar-refractivity contribution in [3.05, 3.63) is 50.4 Å². The van der Waals surface area contributed by atoms with Crippen molar-refractivity contribution in [3.8, 4) is 11.5 Å². The van der Waals surface area contributed by atoms with Crippen LogP contribution >= 0.6 is 39.1 Å². The largest absolute Gasteiger partial charge is 0.493 e. The lowest BCUT2D eigenvalue weighted by Gasteiger charge is -2.10. The third-order valence-electron chi connectivity index (χ3n) is 3.38. The van der Waals surface area contributed by atoms with Crippen molar-refractivity contribution in [3.63, 3.8) is 0 Å². The normalized spacial score (nSPS) is 10.6. The van der Waals surface area contributed by atoms with Crippen LogP contribution < -0.4 is 20.2 Å². The Morgan fingerprint density at radius 3 is 2.50 bits per heavy atom. The van der Waals surface area contributed by atoms with Crippen LogP contribution in [0.1, 0.15) is 12.0 Å². The summed E-state index contributed by atoms with van der Waals surface area (Å²) in [6, 6.07) is 8.05. The van der Waals surface area contributed by atoms with Crippen molar-refractivity contribution in [1.82, 2.24) is 5.43 Å². The van der Waals surface area contributed by atoms with E-state index in [9.17, 15) is 9.59 Å². The molecule has 2 N–H and O–H groups in total. The molecule has 7 nitrogen and oxygen atoms in total. The molecule has 2 amide bonds. The van der Waals surface area contributed by atoms with Crippen LogP contribution in [0.4, 0.5) is 5.69 Å². The first-order valence-electron chi connectivity index (χ1n) is 7.82. The van der Waals surface area contributed by atoms with Crippen molar-refractivity contribution in [2.24, 2.45) is 5.10 Å². The Balaban J connectivity index is 1.92. The Labute approximate surface area is 180 Å². The van der Waals surface area contributed by atoms with Crippen LogP contribution in [0.5, 0.6) is 11.5 Å². The van der Waals surface area contributed by atoms with Gasteiger partial charge in [-0.15, -0.1) is 0 Å². The van der Waals surface area contributed by atoms with E-state index in [-0.39, 0.29) is 0 Å². The molecule has 2 aromatic carbocycles. The summed E-state index contributed by atoms with van der Waals surface area (Å²) in [5.74, 6) is -0.0402. The zero-order valence-electron chi connectivity index (χ0n) is 14.9. The van der Waals surface area contributed by atoms with E-state index < -0.39 is 18.2 Å². The molecule has 0 saturated heterocycles. The average molecular weight is 489 g/mol. The van der Waals surface area contributed by atoms with Crippen molar-refractivity contribution in [1.29, 1.82) is 0 Å². The number of anilines is 1. The van der Waals surface area contributed by atoms with Crippen LogP contribution in [0.25, 0.3) is 0 Å². The van der Waals surface area contributed by atoms with E-state index in [0.29, 0.717) is 37.3 Å². The second kappa shape index (κ2) is 10.3. The molecule has 0 fully saturated rings. The van der Waals surface area contributed by atoms with Crippen LogP contribution in [0, 0.1) is 0 Å². The lowest BCUT2D eigenvalue weighted by Crippen LogP contribution is -2.24. The summed E-state index contributed by atoms with van der Waals surface area (Å²) in [4.78, 5) is 23.8. The predicted octanol–water partition coefficient (Wildman–Crippen LogP) is 4.25. The van der Waals surface area contributed by atoms with Crippen LogP contribution in [0.3, 0.4) is 0 Å². The number of hydrogen-bond acceptors (Lipinski definition) is 5. The molecule has 0 aliphatic heterocycles. The number of carbonyl (C=O) groups is 2. The first-order chi connectivity index (χ1) is 13.3. The fourth-order valence-electron chi connectivity index (χ4n) is 2.16. The minimum absolute atomic E-state index is 0.301. The Bertz CT molecular complexity index is 922. The topological polar surface area (TPSA) is 89.0 Å². The summed E-state index contributed by atoms with van der Waals surface area (Å²) >= 11 is 15.1. The van der Waals surface area contributed by atoms with E-state index >= 15 is 0 Å². The van der Waals surface area contributed by atoms with Gasteiger partial charge in [0, 0.05) is 5.69 Å². The van der Waals surface area contributed by atoms with Gasteiger partial charge < -0.3 is 14.8 Å². The highest BCUT2D eigenvalue weighted by atomic mass is 79.9. The van der Waals surface area contributed by atoms with Gasteiger partial charge in [0.05, 0.1) is 35.0 Å². The molecule has 2 rings (SSSR count). The number of halogens is 3. The Kier molecular flexibility index (Phi) is 8.10. The Morgan fingerprint density at radius 1 is 1.11 bits per heavy atom. The number of rotatable bonds is 7. The maximum absolute atomic E-state index is 11.9. The maximum Gasteiger partial charge on any atom is 0.249 e. The molecule has 0 heterocycles. The van der Waals surface area contributed by atoms with Gasteiger partial charge in [0.25, 0.3) is 0 Å². The standard InChI is InChI=1S/C18H16BrCl2N3O4/c1-27-15-6-10(5-12(19)18(15)28-2)9-22-24-17(26)8-16(25)23-11-3-4-13(20)14(21)7-11/h3-7,9H,8H2,1-2H3,(H,23,25)(H,24,26). The van der Waals surface area contributed by atoms with E-state index in [1.165, 1.54) is 26.5 Å². The third kappa shape index (κ3) is 6.12. The SMILES string of the molecule is COc1cc(C=NNC(=O)CC(=O)Nc2ccc(Cl)c(Cl)c2)cc(Br)c1OC. The number of methoxy groups -OCH3 is 2. The molecule has 0 spiro atoms. The van der Waals surface area contributed by atoms with E-state index in [2.05, 4.69) is 31.8 Å². The number of amides is 2. The fourth-order valence-corrected chi connectivity index (χ4v) is 3.08. The molecule has 148 valence electrons. The van der Waals surface area contributed by atoms with Gasteiger partial charge in [0.1, 0.15) is 6.42 Å². The summed E-state index contributed by atoms with van der Waals surface area (Å²) < 4.78 is 11.1. The summed E-state index contributed by atoms with van der Waals surface area (Å²) in [7, 11) is 3.04. The fraction of sp³-hybridized carbons (Fsp3) is 0.167. The van der Waals surface area contributed by atoms with Crippen molar-refractivity contribution in [2.75, 3.05) is 19.5 Å². The van der Waals surface area contributed by atoms with E-state index in [4.69, 9.17) is 32.7 Å². The van der Waals surface area contributed by atoms with Crippen LogP contribution in [-0.4, -0.2) is 32.2 Å². The van der Waals surface area contributed by atoms with E-state index in [1.54, 1.807) is 24.3 Å². The van der Waals surface area contributed by atoms with Crippen LogP contribution in [0.2, 0.25) is 10.0 Å². The van der Waals surface area contributed by atoms with Crippen LogP contribution in [0.15, 0.2) is 39.9 Å². The molecule has 0 atom stereocenters. The third-order valence-corrected chi connectivity index (χ3v) is 4.71.